The molecule has 3 heterocycles. The molecule has 0 saturated carbocycles. The molecule has 1 aliphatic rings. The second-order valence-corrected chi connectivity index (χ2v) is 16.2. The van der Waals surface area contributed by atoms with Crippen LogP contribution in [-0.2, 0) is 25.5 Å². The maximum Gasteiger partial charge on any atom is 0.303 e. The highest BCUT2D eigenvalue weighted by Gasteiger charge is 2.43. The molecule has 1 fully saturated rings. The lowest BCUT2D eigenvalue weighted by molar-refractivity contribution is -0.149. The van der Waals surface area contributed by atoms with Gasteiger partial charge in [0.25, 0.3) is 5.91 Å². The van der Waals surface area contributed by atoms with Gasteiger partial charge in [-0.15, -0.1) is 22.7 Å². The largest absolute Gasteiger partial charge is 0.455 e. The number of likely N-dealkylation sites (N-methyl/N-ethyl adjacent to an activating group) is 1. The number of hydrogen-bond donors (Lipinski definition) is 1. The molecule has 0 unspecified atom stereocenters. The number of thiazole rings is 1. The molecule has 1 aromatic carbocycles. The van der Waals surface area contributed by atoms with Crippen LogP contribution in [0.15, 0.2) is 53.2 Å². The summed E-state index contributed by atoms with van der Waals surface area (Å²) >= 11 is 2.86. The molecule has 1 saturated heterocycles. The van der Waals surface area contributed by atoms with Crippen LogP contribution in [0, 0.1) is 17.8 Å². The summed E-state index contributed by atoms with van der Waals surface area (Å²) in [6.45, 7) is 12.4. The molecule has 0 bridgehead atoms. The predicted molar refractivity (Wildman–Crippen MR) is 200 cm³/mol. The van der Waals surface area contributed by atoms with E-state index < -0.39 is 23.5 Å². The predicted octanol–water partition coefficient (Wildman–Crippen LogP) is 7.50. The van der Waals surface area contributed by atoms with Crippen LogP contribution in [0.25, 0.3) is 0 Å². The number of rotatable bonds is 17. The highest BCUT2D eigenvalue weighted by molar-refractivity contribution is 7.10. The first-order valence-electron chi connectivity index (χ1n) is 17.8. The van der Waals surface area contributed by atoms with Gasteiger partial charge in [-0.1, -0.05) is 70.5 Å². The minimum Gasteiger partial charge on any atom is -0.455 e. The zero-order chi connectivity index (χ0) is 36.6. The Balaban J connectivity index is 1.52. The van der Waals surface area contributed by atoms with Crippen molar-refractivity contribution in [3.8, 4) is 0 Å². The smallest absolute Gasteiger partial charge is 0.303 e. The van der Waals surface area contributed by atoms with Crippen molar-refractivity contribution in [1.29, 1.82) is 0 Å². The van der Waals surface area contributed by atoms with Gasteiger partial charge in [0.1, 0.15) is 10.7 Å². The molecule has 9 nitrogen and oxygen atoms in total. The first-order valence-corrected chi connectivity index (χ1v) is 19.5. The number of carbonyl (C=O) groups excluding carboxylic acids is 4. The molecule has 1 N–H and O–H groups in total. The molecule has 0 radical (unpaired) electrons. The van der Waals surface area contributed by atoms with E-state index in [2.05, 4.69) is 22.1 Å². The number of carbonyl (C=O) groups is 4. The molecule has 3 aromatic rings. The van der Waals surface area contributed by atoms with Gasteiger partial charge in [-0.05, 0) is 68.6 Å². The van der Waals surface area contributed by atoms with Crippen molar-refractivity contribution in [2.45, 2.75) is 104 Å². The van der Waals surface area contributed by atoms with E-state index >= 15 is 0 Å². The molecule has 0 aliphatic carbocycles. The van der Waals surface area contributed by atoms with E-state index in [9.17, 15) is 19.2 Å². The van der Waals surface area contributed by atoms with E-state index in [4.69, 9.17) is 4.74 Å². The summed E-state index contributed by atoms with van der Waals surface area (Å²) < 4.78 is 5.83. The van der Waals surface area contributed by atoms with Crippen molar-refractivity contribution in [3.05, 3.63) is 74.4 Å². The average Bonchev–Trinajstić information content (AvgIpc) is 3.87. The monoisotopic (exact) mass is 722 g/mol. The summed E-state index contributed by atoms with van der Waals surface area (Å²) in [7, 11) is 3.78. The number of amides is 2. The number of likely N-dealkylation sites (tertiary alicyclic amines) is 1. The number of thiophene rings is 1. The minimum atomic E-state index is -0.756. The van der Waals surface area contributed by atoms with Crippen molar-refractivity contribution in [2.24, 2.45) is 17.8 Å². The summed E-state index contributed by atoms with van der Waals surface area (Å²) in [5, 5.41) is 7.35. The number of nitrogens with zero attached hydrogens (tertiary/aromatic N) is 3. The van der Waals surface area contributed by atoms with E-state index in [-0.39, 0.29) is 53.6 Å². The minimum absolute atomic E-state index is 0.0149. The van der Waals surface area contributed by atoms with E-state index in [1.807, 2.05) is 82.6 Å². The quantitative estimate of drug-likeness (QED) is 0.144. The number of Topliss-reactive ketones (excluding diaryl/α,β-unsaturated/α-hetero) is 1. The van der Waals surface area contributed by atoms with Gasteiger partial charge >= 0.3 is 5.97 Å². The highest BCUT2D eigenvalue weighted by Crippen LogP contribution is 2.35. The van der Waals surface area contributed by atoms with Gasteiger partial charge < -0.3 is 15.0 Å². The van der Waals surface area contributed by atoms with Crippen molar-refractivity contribution >= 4 is 46.2 Å². The van der Waals surface area contributed by atoms with Crippen molar-refractivity contribution in [2.75, 3.05) is 20.6 Å². The van der Waals surface area contributed by atoms with Gasteiger partial charge in [-0.25, -0.2) is 4.98 Å². The number of aromatic nitrogens is 1. The van der Waals surface area contributed by atoms with Gasteiger partial charge in [-0.2, -0.15) is 0 Å². The molecular formula is C39H54N4O5S2. The van der Waals surface area contributed by atoms with Crippen LogP contribution >= 0.6 is 22.7 Å². The Morgan fingerprint density at radius 2 is 1.80 bits per heavy atom. The second-order valence-electron chi connectivity index (χ2n) is 14.3. The normalized spacial score (nSPS) is 19.4. The van der Waals surface area contributed by atoms with Crippen LogP contribution in [0.5, 0.6) is 0 Å². The summed E-state index contributed by atoms with van der Waals surface area (Å²) in [5.74, 6) is -1.16. The van der Waals surface area contributed by atoms with Gasteiger partial charge in [0.05, 0.1) is 11.6 Å². The molecule has 50 heavy (non-hydrogen) atoms. The standard InChI is InChI=1S/C39H54N4O5S2/c1-9-26(4)29(22-35(45)39(6)18-14-19-42(39)7)38(47)43(8)32(25(2)3)23-33(48-27(5)44)37-41-31(24-50-37)36(46)40-30(34-17-13-20-49-34)21-28-15-11-10-12-16-28/h10-13,15-17,20,24-26,29-30,32-33H,9,14,18-19,21-23H2,1-8H3,(H,40,46)/t26-,29-,30-,32+,33+,39+/m0/s1. The van der Waals surface area contributed by atoms with E-state index in [1.165, 1.54) is 18.3 Å². The Bertz CT molecular complexity index is 1580. The molecule has 4 rings (SSSR count). The second kappa shape index (κ2) is 17.7. The molecule has 0 spiro atoms. The van der Waals surface area contributed by atoms with Gasteiger partial charge in [0.15, 0.2) is 11.9 Å². The number of ether oxygens (including phenoxy) is 1. The van der Waals surface area contributed by atoms with E-state index in [0.29, 0.717) is 17.8 Å². The van der Waals surface area contributed by atoms with Gasteiger partial charge in [0, 0.05) is 49.0 Å². The highest BCUT2D eigenvalue weighted by atomic mass is 32.1. The van der Waals surface area contributed by atoms with Crippen molar-refractivity contribution < 1.29 is 23.9 Å². The summed E-state index contributed by atoms with van der Waals surface area (Å²) in [6, 6.07) is 13.5. The fraction of sp³-hybridized carbons (Fsp3) is 0.564. The Morgan fingerprint density at radius 3 is 2.38 bits per heavy atom. The first-order chi connectivity index (χ1) is 23.7. The number of benzene rings is 1. The molecule has 2 aromatic heterocycles. The maximum absolute atomic E-state index is 14.3. The Morgan fingerprint density at radius 1 is 1.08 bits per heavy atom. The average molecular weight is 723 g/mol. The van der Waals surface area contributed by atoms with Crippen LogP contribution in [0.1, 0.15) is 112 Å². The van der Waals surface area contributed by atoms with Crippen LogP contribution in [0.3, 0.4) is 0 Å². The number of ketones is 1. The fourth-order valence-electron chi connectivity index (χ4n) is 6.94. The van der Waals surface area contributed by atoms with E-state index in [0.717, 1.165) is 36.2 Å². The van der Waals surface area contributed by atoms with Crippen molar-refractivity contribution in [3.63, 3.8) is 0 Å². The van der Waals surface area contributed by atoms with Gasteiger partial charge in [-0.3, -0.25) is 24.1 Å². The van der Waals surface area contributed by atoms with E-state index in [1.54, 1.807) is 28.7 Å². The molecular weight excluding hydrogens is 669 g/mol. The molecule has 11 heteroatoms. The molecule has 272 valence electrons. The Hall–Kier alpha value is -3.41. The maximum atomic E-state index is 14.3. The Kier molecular flexibility index (Phi) is 13.9. The number of nitrogens with one attached hydrogen (secondary N) is 1. The SMILES string of the molecule is CC[C@H](C)[C@H](CC(=O)[C@@]1(C)CCCN1C)C(=O)N(C)[C@H](C[C@@H](OC(C)=O)c1nc(C(=O)N[C@@H](Cc2ccccc2)c2cccs2)cs1)C(C)C. The summed E-state index contributed by atoms with van der Waals surface area (Å²) in [4.78, 5) is 63.5. The third kappa shape index (κ3) is 9.67. The topological polar surface area (TPSA) is 109 Å². The summed E-state index contributed by atoms with van der Waals surface area (Å²) in [6.07, 6.45) is 2.92. The third-order valence-electron chi connectivity index (χ3n) is 10.5. The lowest BCUT2D eigenvalue weighted by atomic mass is 9.80. The molecule has 6 atom stereocenters. The van der Waals surface area contributed by atoms with Crippen LogP contribution < -0.4 is 5.32 Å². The lowest BCUT2D eigenvalue weighted by Crippen LogP contribution is -2.50. The first kappa shape index (κ1) is 39.4. The van der Waals surface area contributed by atoms with Crippen LogP contribution in [-0.4, -0.2) is 70.6 Å². The number of esters is 1. The van der Waals surface area contributed by atoms with Gasteiger partial charge in [0.2, 0.25) is 5.91 Å². The lowest BCUT2D eigenvalue weighted by Gasteiger charge is -2.38. The zero-order valence-electron chi connectivity index (χ0n) is 30.8. The van der Waals surface area contributed by atoms with Crippen LogP contribution in [0.2, 0.25) is 0 Å². The number of hydrogen-bond acceptors (Lipinski definition) is 9. The fourth-order valence-corrected chi connectivity index (χ4v) is 8.56. The molecule has 1 aliphatic heterocycles. The van der Waals surface area contributed by atoms with Crippen LogP contribution in [0.4, 0.5) is 0 Å². The van der Waals surface area contributed by atoms with Crippen molar-refractivity contribution in [1.82, 2.24) is 20.1 Å². The third-order valence-corrected chi connectivity index (χ3v) is 12.5. The summed E-state index contributed by atoms with van der Waals surface area (Å²) in [5.41, 5.74) is 0.810. The zero-order valence-corrected chi connectivity index (χ0v) is 32.4. The Labute approximate surface area is 305 Å². The molecule has 2 amide bonds.